The summed E-state index contributed by atoms with van der Waals surface area (Å²) < 4.78 is 0. The van der Waals surface area contributed by atoms with E-state index in [0.717, 1.165) is 61.2 Å². The maximum absolute atomic E-state index is 12.6. The van der Waals surface area contributed by atoms with Crippen LogP contribution in [0.3, 0.4) is 0 Å². The second kappa shape index (κ2) is 13.8. The number of hydrogen-bond donors (Lipinski definition) is 2. The van der Waals surface area contributed by atoms with Gasteiger partial charge in [0.1, 0.15) is 0 Å². The molecule has 0 saturated heterocycles. The summed E-state index contributed by atoms with van der Waals surface area (Å²) in [5, 5.41) is 18.8. The number of aliphatic hydroxyl groups is 1. The lowest BCUT2D eigenvalue weighted by Gasteiger charge is -2.08. The number of carbonyl (C=O) groups excluding carboxylic acids is 1. The lowest BCUT2D eigenvalue weighted by Crippen LogP contribution is -2.05. The van der Waals surface area contributed by atoms with E-state index >= 15 is 0 Å². The lowest BCUT2D eigenvalue weighted by molar-refractivity contribution is -0.137. The van der Waals surface area contributed by atoms with Gasteiger partial charge in [0, 0.05) is 17.9 Å². The number of thioether (sulfide) groups is 1. The average Bonchev–Trinajstić information content (AvgIpc) is 2.92. The summed E-state index contributed by atoms with van der Waals surface area (Å²) in [6.07, 6.45) is 14.7. The molecule has 0 aliphatic heterocycles. The molecule has 0 fully saturated rings. The first-order chi connectivity index (χ1) is 13.0. The third-order valence-corrected chi connectivity index (χ3v) is 5.50. The minimum atomic E-state index is -0.757. The van der Waals surface area contributed by atoms with Crippen LogP contribution in [0.4, 0.5) is 0 Å². The van der Waals surface area contributed by atoms with Gasteiger partial charge in [0.2, 0.25) is 0 Å². The number of allylic oxidation sites excluding steroid dienone is 5. The quantitative estimate of drug-likeness (QED) is 0.238. The third kappa shape index (κ3) is 9.43. The van der Waals surface area contributed by atoms with Gasteiger partial charge in [-0.15, -0.1) is 11.8 Å². The van der Waals surface area contributed by atoms with E-state index in [0.29, 0.717) is 6.42 Å². The fraction of sp³-hybridized carbons (Fsp3) is 0.636. The van der Waals surface area contributed by atoms with Crippen molar-refractivity contribution in [1.82, 2.24) is 0 Å². The van der Waals surface area contributed by atoms with Crippen LogP contribution in [0.15, 0.2) is 34.8 Å². The van der Waals surface area contributed by atoms with Crippen molar-refractivity contribution in [2.45, 2.75) is 77.7 Å². The van der Waals surface area contributed by atoms with Gasteiger partial charge in [-0.2, -0.15) is 0 Å². The van der Waals surface area contributed by atoms with Gasteiger partial charge in [-0.05, 0) is 31.4 Å². The molecule has 2 N–H and O–H groups in total. The fourth-order valence-corrected chi connectivity index (χ4v) is 3.88. The average molecular weight is 395 g/mol. The largest absolute Gasteiger partial charge is 0.481 e. The number of carbonyl (C=O) groups is 2. The van der Waals surface area contributed by atoms with Crippen molar-refractivity contribution in [1.29, 1.82) is 0 Å². The van der Waals surface area contributed by atoms with Crippen LogP contribution in [0.1, 0.15) is 71.6 Å². The first-order valence-electron chi connectivity index (χ1n) is 10.2. The van der Waals surface area contributed by atoms with Crippen molar-refractivity contribution in [2.24, 2.45) is 5.92 Å². The van der Waals surface area contributed by atoms with Gasteiger partial charge < -0.3 is 10.2 Å². The highest BCUT2D eigenvalue weighted by Crippen LogP contribution is 2.34. The number of Topliss-reactive ketones (excluding diaryl/α,β-unsaturated/α-hetero) is 1. The summed E-state index contributed by atoms with van der Waals surface area (Å²) in [6.45, 7) is 4.17. The topological polar surface area (TPSA) is 74.6 Å². The highest BCUT2D eigenvalue weighted by molar-refractivity contribution is 8.04. The molecule has 5 heteroatoms. The summed E-state index contributed by atoms with van der Waals surface area (Å²) in [4.78, 5) is 24.0. The molecule has 0 heterocycles. The van der Waals surface area contributed by atoms with Crippen LogP contribution >= 0.6 is 11.8 Å². The number of aliphatic hydroxyl groups excluding tert-OH is 1. The molecule has 0 radical (unpaired) electrons. The summed E-state index contributed by atoms with van der Waals surface area (Å²) >= 11 is 1.57. The Morgan fingerprint density at radius 1 is 1.22 bits per heavy atom. The van der Waals surface area contributed by atoms with E-state index in [1.807, 2.05) is 31.2 Å². The number of rotatable bonds is 14. The molecule has 0 aromatic heterocycles. The summed E-state index contributed by atoms with van der Waals surface area (Å²) in [5.74, 6) is 0.136. The molecule has 2 atom stereocenters. The zero-order valence-corrected chi connectivity index (χ0v) is 17.5. The molecule has 152 valence electrons. The number of hydrogen-bond acceptors (Lipinski definition) is 4. The van der Waals surface area contributed by atoms with Crippen LogP contribution in [0, 0.1) is 5.92 Å². The van der Waals surface area contributed by atoms with Crippen LogP contribution in [0.2, 0.25) is 0 Å². The maximum atomic E-state index is 12.6. The molecule has 4 nitrogen and oxygen atoms in total. The Morgan fingerprint density at radius 2 is 2.00 bits per heavy atom. The summed E-state index contributed by atoms with van der Waals surface area (Å²) in [5.41, 5.74) is 0.793. The second-order valence-electron chi connectivity index (χ2n) is 6.92. The molecule has 2 unspecified atom stereocenters. The fourth-order valence-electron chi connectivity index (χ4n) is 3.08. The molecule has 1 aliphatic carbocycles. The number of aliphatic carboxylic acids is 1. The molecular formula is C22H34O4S. The van der Waals surface area contributed by atoms with Crippen LogP contribution < -0.4 is 0 Å². The number of carboxylic acids is 1. The highest BCUT2D eigenvalue weighted by atomic mass is 32.2. The van der Waals surface area contributed by atoms with Crippen molar-refractivity contribution < 1.29 is 19.8 Å². The number of ketones is 1. The Balaban J connectivity index is 2.64. The van der Waals surface area contributed by atoms with Crippen molar-refractivity contribution in [3.05, 3.63) is 34.8 Å². The van der Waals surface area contributed by atoms with Crippen LogP contribution in [-0.4, -0.2) is 33.8 Å². The minimum Gasteiger partial charge on any atom is -0.481 e. The van der Waals surface area contributed by atoms with Gasteiger partial charge in [0.25, 0.3) is 0 Å². The zero-order valence-electron chi connectivity index (χ0n) is 16.7. The molecule has 0 aromatic rings. The lowest BCUT2D eigenvalue weighted by atomic mass is 9.98. The highest BCUT2D eigenvalue weighted by Gasteiger charge is 2.28. The SMILES string of the molecule is CCCCCC(O)C=CC1C=C(SCC)C(=O)C1=CCCCCCC(=O)O. The summed E-state index contributed by atoms with van der Waals surface area (Å²) in [6, 6.07) is 0. The maximum Gasteiger partial charge on any atom is 0.303 e. The van der Waals surface area contributed by atoms with Crippen LogP contribution in [-0.2, 0) is 9.59 Å². The molecule has 27 heavy (non-hydrogen) atoms. The van der Waals surface area contributed by atoms with E-state index in [-0.39, 0.29) is 18.1 Å². The normalized spacial score (nSPS) is 19.8. The Hall–Kier alpha value is -1.33. The van der Waals surface area contributed by atoms with Gasteiger partial charge in [-0.3, -0.25) is 9.59 Å². The third-order valence-electron chi connectivity index (χ3n) is 4.58. The molecule has 0 saturated carbocycles. The van der Waals surface area contributed by atoms with E-state index < -0.39 is 12.1 Å². The van der Waals surface area contributed by atoms with Crippen LogP contribution in [0.5, 0.6) is 0 Å². The van der Waals surface area contributed by atoms with Gasteiger partial charge in [-0.25, -0.2) is 0 Å². The predicted molar refractivity (Wildman–Crippen MR) is 113 cm³/mol. The Bertz CT molecular complexity index is 563. The number of unbranched alkanes of at least 4 members (excludes halogenated alkanes) is 5. The molecule has 1 rings (SSSR count). The molecule has 0 spiro atoms. The van der Waals surface area contributed by atoms with E-state index in [2.05, 4.69) is 6.92 Å². The van der Waals surface area contributed by atoms with Crippen LogP contribution in [0.25, 0.3) is 0 Å². The first kappa shape index (κ1) is 23.7. The van der Waals surface area contributed by atoms with E-state index in [4.69, 9.17) is 5.11 Å². The minimum absolute atomic E-state index is 0.0635. The van der Waals surface area contributed by atoms with Crippen molar-refractivity contribution in [2.75, 3.05) is 5.75 Å². The Morgan fingerprint density at radius 3 is 2.67 bits per heavy atom. The monoisotopic (exact) mass is 394 g/mol. The van der Waals surface area contributed by atoms with Gasteiger partial charge in [-0.1, -0.05) is 63.8 Å². The first-order valence-corrected chi connectivity index (χ1v) is 11.2. The van der Waals surface area contributed by atoms with Gasteiger partial charge in [0.05, 0.1) is 11.0 Å². The second-order valence-corrected chi connectivity index (χ2v) is 8.23. The Kier molecular flexibility index (Phi) is 12.1. The van der Waals surface area contributed by atoms with Gasteiger partial charge in [0.15, 0.2) is 5.78 Å². The van der Waals surface area contributed by atoms with E-state index in [9.17, 15) is 14.7 Å². The number of carboxylic acid groups (broad SMARTS) is 1. The molecule has 0 amide bonds. The zero-order chi connectivity index (χ0) is 20.1. The van der Waals surface area contributed by atoms with Crippen molar-refractivity contribution >= 4 is 23.5 Å². The Labute approximate surface area is 167 Å². The molecule has 0 bridgehead atoms. The molecular weight excluding hydrogens is 360 g/mol. The van der Waals surface area contributed by atoms with E-state index in [1.54, 1.807) is 11.8 Å². The predicted octanol–water partition coefficient (Wildman–Crippen LogP) is 5.28. The summed E-state index contributed by atoms with van der Waals surface area (Å²) in [7, 11) is 0. The van der Waals surface area contributed by atoms with Crippen molar-refractivity contribution in [3.63, 3.8) is 0 Å². The standard InChI is InChI=1S/C22H34O4S/c1-3-5-8-11-18(23)15-14-17-16-20(27-4-2)22(26)19(17)12-9-6-7-10-13-21(24)25/h12,14-18,23H,3-11,13H2,1-2H3,(H,24,25). The van der Waals surface area contributed by atoms with Gasteiger partial charge >= 0.3 is 5.97 Å². The van der Waals surface area contributed by atoms with Crippen molar-refractivity contribution in [3.8, 4) is 0 Å². The van der Waals surface area contributed by atoms with E-state index in [1.165, 1.54) is 0 Å². The molecule has 1 aliphatic rings. The molecule has 0 aromatic carbocycles. The smallest absolute Gasteiger partial charge is 0.303 e.